The smallest absolute Gasteiger partial charge is 0.237 e. The highest BCUT2D eigenvalue weighted by Gasteiger charge is 2.43. The van der Waals surface area contributed by atoms with Gasteiger partial charge in [0.25, 0.3) is 0 Å². The Kier molecular flexibility index (Phi) is 5.44. The van der Waals surface area contributed by atoms with Crippen LogP contribution in [0.25, 0.3) is 0 Å². The van der Waals surface area contributed by atoms with Gasteiger partial charge in [0.1, 0.15) is 0 Å². The predicted molar refractivity (Wildman–Crippen MR) is 82.7 cm³/mol. The van der Waals surface area contributed by atoms with Crippen molar-refractivity contribution in [3.63, 3.8) is 0 Å². The van der Waals surface area contributed by atoms with E-state index in [0.29, 0.717) is 5.92 Å². The van der Waals surface area contributed by atoms with Gasteiger partial charge < -0.3 is 10.6 Å². The Bertz CT molecular complexity index is 315. The van der Waals surface area contributed by atoms with E-state index < -0.39 is 0 Å². The summed E-state index contributed by atoms with van der Waals surface area (Å²) in [6.07, 6.45) is 6.43. The first-order chi connectivity index (χ1) is 9.55. The van der Waals surface area contributed by atoms with Gasteiger partial charge in [-0.25, -0.2) is 0 Å². The van der Waals surface area contributed by atoms with E-state index in [-0.39, 0.29) is 17.5 Å². The van der Waals surface area contributed by atoms with Gasteiger partial charge >= 0.3 is 0 Å². The Morgan fingerprint density at radius 2 is 1.95 bits per heavy atom. The second-order valence-electron chi connectivity index (χ2n) is 6.97. The van der Waals surface area contributed by atoms with Gasteiger partial charge in [-0.1, -0.05) is 33.1 Å². The average Bonchev–Trinajstić information content (AvgIpc) is 2.45. The van der Waals surface area contributed by atoms with Crippen LogP contribution in [-0.2, 0) is 4.79 Å². The fraction of sp³-hybridized carbons (Fsp3) is 0.938. The lowest BCUT2D eigenvalue weighted by atomic mass is 9.78. The molecule has 0 bridgehead atoms. The Morgan fingerprint density at radius 1 is 1.25 bits per heavy atom. The average molecular weight is 281 g/mol. The summed E-state index contributed by atoms with van der Waals surface area (Å²) < 4.78 is 0. The molecule has 1 unspecified atom stereocenters. The third-order valence-electron chi connectivity index (χ3n) is 4.91. The lowest BCUT2D eigenvalue weighted by Gasteiger charge is -2.52. The van der Waals surface area contributed by atoms with Crippen molar-refractivity contribution in [1.82, 2.24) is 15.5 Å². The highest BCUT2D eigenvalue weighted by atomic mass is 16.2. The van der Waals surface area contributed by atoms with Crippen LogP contribution in [0, 0.1) is 5.92 Å². The zero-order valence-corrected chi connectivity index (χ0v) is 13.4. The van der Waals surface area contributed by atoms with Crippen molar-refractivity contribution in [2.24, 2.45) is 5.92 Å². The maximum atomic E-state index is 12.4. The molecule has 0 aromatic heterocycles. The van der Waals surface area contributed by atoms with Gasteiger partial charge in [0.15, 0.2) is 0 Å². The van der Waals surface area contributed by atoms with E-state index in [1.54, 1.807) is 0 Å². The van der Waals surface area contributed by atoms with E-state index in [4.69, 9.17) is 0 Å². The standard InChI is InChI=1S/C16H31N3O/c1-13(2)11-18-15(20)14(3)19-10-9-17-12-16(19)7-5-4-6-8-16/h13-14,17H,4-12H2,1-3H3,(H,18,20). The second kappa shape index (κ2) is 6.90. The zero-order valence-electron chi connectivity index (χ0n) is 13.4. The maximum Gasteiger partial charge on any atom is 0.237 e. The second-order valence-corrected chi connectivity index (χ2v) is 6.97. The molecule has 0 aromatic carbocycles. The first kappa shape index (κ1) is 15.8. The Labute approximate surface area is 123 Å². The van der Waals surface area contributed by atoms with E-state index in [9.17, 15) is 4.79 Å². The number of carbonyl (C=O) groups is 1. The first-order valence-electron chi connectivity index (χ1n) is 8.30. The summed E-state index contributed by atoms with van der Waals surface area (Å²) in [4.78, 5) is 14.9. The summed E-state index contributed by atoms with van der Waals surface area (Å²) in [7, 11) is 0. The molecule has 1 saturated carbocycles. The molecule has 4 heteroatoms. The number of rotatable bonds is 4. The zero-order chi connectivity index (χ0) is 14.6. The van der Waals surface area contributed by atoms with Crippen molar-refractivity contribution >= 4 is 5.91 Å². The molecule has 1 amide bonds. The molecule has 0 aromatic rings. The van der Waals surface area contributed by atoms with Crippen molar-refractivity contribution in [2.75, 3.05) is 26.2 Å². The van der Waals surface area contributed by atoms with E-state index >= 15 is 0 Å². The minimum Gasteiger partial charge on any atom is -0.354 e. The number of nitrogens with one attached hydrogen (secondary N) is 2. The summed E-state index contributed by atoms with van der Waals surface area (Å²) in [6, 6.07) is -0.00560. The van der Waals surface area contributed by atoms with Crippen LogP contribution >= 0.6 is 0 Å². The SMILES string of the molecule is CC(C)CNC(=O)C(C)N1CCNCC12CCCCC2. The third-order valence-corrected chi connectivity index (χ3v) is 4.91. The lowest BCUT2D eigenvalue weighted by Crippen LogP contribution is -2.66. The summed E-state index contributed by atoms with van der Waals surface area (Å²) in [5.74, 6) is 0.711. The number of carbonyl (C=O) groups excluding carboxylic acids is 1. The molecule has 116 valence electrons. The van der Waals surface area contributed by atoms with Crippen LogP contribution in [0.2, 0.25) is 0 Å². The van der Waals surface area contributed by atoms with Crippen molar-refractivity contribution in [1.29, 1.82) is 0 Å². The number of hydrogen-bond acceptors (Lipinski definition) is 3. The van der Waals surface area contributed by atoms with Gasteiger partial charge in [-0.05, 0) is 25.7 Å². The van der Waals surface area contributed by atoms with E-state index in [2.05, 4.69) is 36.3 Å². The summed E-state index contributed by atoms with van der Waals surface area (Å²) in [6.45, 7) is 10.2. The molecule has 2 fully saturated rings. The molecule has 2 rings (SSSR count). The largest absolute Gasteiger partial charge is 0.354 e. The topological polar surface area (TPSA) is 44.4 Å². The van der Waals surface area contributed by atoms with Gasteiger partial charge in [0, 0.05) is 31.7 Å². The summed E-state index contributed by atoms with van der Waals surface area (Å²) in [5.41, 5.74) is 0.227. The van der Waals surface area contributed by atoms with Crippen LogP contribution in [0.3, 0.4) is 0 Å². The van der Waals surface area contributed by atoms with Crippen molar-refractivity contribution in [3.05, 3.63) is 0 Å². The van der Waals surface area contributed by atoms with Gasteiger partial charge in [-0.3, -0.25) is 9.69 Å². The first-order valence-corrected chi connectivity index (χ1v) is 8.30. The fourth-order valence-electron chi connectivity index (χ4n) is 3.73. The summed E-state index contributed by atoms with van der Waals surface area (Å²) in [5, 5.41) is 6.65. The van der Waals surface area contributed by atoms with Crippen molar-refractivity contribution in [3.8, 4) is 0 Å². The van der Waals surface area contributed by atoms with Gasteiger partial charge in [0.2, 0.25) is 5.91 Å². The number of piperazine rings is 1. The van der Waals surface area contributed by atoms with Crippen LogP contribution < -0.4 is 10.6 Å². The molecule has 2 N–H and O–H groups in total. The van der Waals surface area contributed by atoms with E-state index in [1.165, 1.54) is 32.1 Å². The van der Waals surface area contributed by atoms with E-state index in [1.807, 2.05) is 0 Å². The highest BCUT2D eigenvalue weighted by molar-refractivity contribution is 5.81. The summed E-state index contributed by atoms with van der Waals surface area (Å²) >= 11 is 0. The molecule has 1 heterocycles. The Morgan fingerprint density at radius 3 is 2.60 bits per heavy atom. The minimum atomic E-state index is -0.00560. The molecule has 2 aliphatic rings. The molecule has 1 saturated heterocycles. The molecule has 4 nitrogen and oxygen atoms in total. The monoisotopic (exact) mass is 281 g/mol. The quantitative estimate of drug-likeness (QED) is 0.825. The maximum absolute atomic E-state index is 12.4. The molecule has 1 aliphatic heterocycles. The molecule has 1 aliphatic carbocycles. The molecule has 0 radical (unpaired) electrons. The van der Waals surface area contributed by atoms with Crippen molar-refractivity contribution in [2.45, 2.75) is 64.5 Å². The van der Waals surface area contributed by atoms with Crippen LogP contribution in [0.1, 0.15) is 52.9 Å². The number of nitrogens with zero attached hydrogens (tertiary/aromatic N) is 1. The number of hydrogen-bond donors (Lipinski definition) is 2. The van der Waals surface area contributed by atoms with Gasteiger partial charge in [-0.2, -0.15) is 0 Å². The van der Waals surface area contributed by atoms with E-state index in [0.717, 1.165) is 26.2 Å². The molecule has 1 atom stereocenters. The normalized spacial score (nSPS) is 24.8. The van der Waals surface area contributed by atoms with Crippen LogP contribution in [0.5, 0.6) is 0 Å². The Hall–Kier alpha value is -0.610. The van der Waals surface area contributed by atoms with Crippen molar-refractivity contribution < 1.29 is 4.79 Å². The van der Waals surface area contributed by atoms with Crippen LogP contribution in [0.15, 0.2) is 0 Å². The molecule has 20 heavy (non-hydrogen) atoms. The third kappa shape index (κ3) is 3.53. The fourth-order valence-corrected chi connectivity index (χ4v) is 3.73. The molecular weight excluding hydrogens is 250 g/mol. The minimum absolute atomic E-state index is 0.00560. The van der Waals surface area contributed by atoms with Gasteiger partial charge in [-0.15, -0.1) is 0 Å². The molecular formula is C16H31N3O. The lowest BCUT2D eigenvalue weighted by molar-refractivity contribution is -0.130. The van der Waals surface area contributed by atoms with Crippen LogP contribution in [-0.4, -0.2) is 48.6 Å². The highest BCUT2D eigenvalue weighted by Crippen LogP contribution is 2.35. The number of amides is 1. The van der Waals surface area contributed by atoms with Crippen LogP contribution in [0.4, 0.5) is 0 Å². The van der Waals surface area contributed by atoms with Gasteiger partial charge in [0.05, 0.1) is 6.04 Å². The Balaban J connectivity index is 2.01. The predicted octanol–water partition coefficient (Wildman–Crippen LogP) is 1.76. The molecule has 1 spiro atoms.